The first kappa shape index (κ1) is 17.8. The molecular weight excluding hydrogens is 359 g/mol. The standard InChI is InChI=1S/C17H11F5N2O2/c1-26-10-4-2-9(3-5-10)8-24-12-7-6-11(18)14(19)13(12)15(17(20,21)22)23-16(24)25/h2-7H,8H2,1H3. The second kappa shape index (κ2) is 6.40. The highest BCUT2D eigenvalue weighted by atomic mass is 19.4. The molecular formula is C17H11F5N2O2. The van der Waals surface area contributed by atoms with Gasteiger partial charge in [0.05, 0.1) is 24.6 Å². The van der Waals surface area contributed by atoms with Gasteiger partial charge in [-0.25, -0.2) is 13.6 Å². The molecule has 0 radical (unpaired) electrons. The van der Waals surface area contributed by atoms with Crippen molar-refractivity contribution >= 4 is 10.9 Å². The molecule has 2 aromatic carbocycles. The summed E-state index contributed by atoms with van der Waals surface area (Å²) in [6, 6.07) is 7.97. The van der Waals surface area contributed by atoms with E-state index >= 15 is 0 Å². The van der Waals surface area contributed by atoms with Crippen LogP contribution in [0.15, 0.2) is 41.2 Å². The number of hydrogen-bond acceptors (Lipinski definition) is 3. The van der Waals surface area contributed by atoms with Crippen LogP contribution in [0.1, 0.15) is 11.3 Å². The Labute approximate surface area is 143 Å². The third-order valence-corrected chi connectivity index (χ3v) is 3.81. The maximum atomic E-state index is 14.1. The van der Waals surface area contributed by atoms with Gasteiger partial charge in [-0.3, -0.25) is 4.57 Å². The molecule has 0 spiro atoms. The van der Waals surface area contributed by atoms with Gasteiger partial charge in [0.25, 0.3) is 0 Å². The first-order valence-corrected chi connectivity index (χ1v) is 7.31. The SMILES string of the molecule is COc1ccc(Cn2c(=O)nc(C(F)(F)F)c3c(F)c(F)ccc32)cc1. The van der Waals surface area contributed by atoms with Crippen LogP contribution >= 0.6 is 0 Å². The minimum atomic E-state index is -5.11. The molecule has 0 N–H and O–H groups in total. The lowest BCUT2D eigenvalue weighted by atomic mass is 10.1. The van der Waals surface area contributed by atoms with Crippen molar-refractivity contribution in [3.63, 3.8) is 0 Å². The lowest BCUT2D eigenvalue weighted by molar-refractivity contribution is -0.140. The molecule has 0 aliphatic carbocycles. The van der Waals surface area contributed by atoms with Crippen LogP contribution in [0.2, 0.25) is 0 Å². The van der Waals surface area contributed by atoms with E-state index in [9.17, 15) is 26.7 Å². The highest BCUT2D eigenvalue weighted by molar-refractivity contribution is 5.82. The largest absolute Gasteiger partial charge is 0.497 e. The number of fused-ring (bicyclic) bond motifs is 1. The summed E-state index contributed by atoms with van der Waals surface area (Å²) >= 11 is 0. The number of hydrogen-bond donors (Lipinski definition) is 0. The van der Waals surface area contributed by atoms with Gasteiger partial charge >= 0.3 is 11.9 Å². The summed E-state index contributed by atoms with van der Waals surface area (Å²) in [5.41, 5.74) is -2.82. The van der Waals surface area contributed by atoms with Crippen molar-refractivity contribution in [3.8, 4) is 5.75 Å². The molecule has 0 atom stereocenters. The summed E-state index contributed by atoms with van der Waals surface area (Å²) in [5, 5.41) is -1.08. The van der Waals surface area contributed by atoms with Crippen molar-refractivity contribution in [3.05, 3.63) is 69.8 Å². The van der Waals surface area contributed by atoms with Crippen LogP contribution in [0.3, 0.4) is 0 Å². The fourth-order valence-corrected chi connectivity index (χ4v) is 2.58. The topological polar surface area (TPSA) is 44.1 Å². The van der Waals surface area contributed by atoms with Crippen LogP contribution in [0.4, 0.5) is 22.0 Å². The van der Waals surface area contributed by atoms with E-state index < -0.39 is 40.1 Å². The maximum Gasteiger partial charge on any atom is 0.434 e. The van der Waals surface area contributed by atoms with Crippen molar-refractivity contribution in [1.82, 2.24) is 9.55 Å². The van der Waals surface area contributed by atoms with Crippen LogP contribution in [0.25, 0.3) is 10.9 Å². The third-order valence-electron chi connectivity index (χ3n) is 3.81. The summed E-state index contributed by atoms with van der Waals surface area (Å²) in [5.74, 6) is -2.62. The van der Waals surface area contributed by atoms with Gasteiger partial charge in [-0.15, -0.1) is 0 Å². The smallest absolute Gasteiger partial charge is 0.434 e. The second-order valence-electron chi connectivity index (χ2n) is 5.43. The zero-order chi connectivity index (χ0) is 19.1. The van der Waals surface area contributed by atoms with Gasteiger partial charge in [0.15, 0.2) is 17.3 Å². The van der Waals surface area contributed by atoms with Crippen molar-refractivity contribution in [1.29, 1.82) is 0 Å². The second-order valence-corrected chi connectivity index (χ2v) is 5.43. The van der Waals surface area contributed by atoms with Gasteiger partial charge in [-0.1, -0.05) is 12.1 Å². The summed E-state index contributed by atoms with van der Waals surface area (Å²) in [6.07, 6.45) is -5.11. The lowest BCUT2D eigenvalue weighted by Gasteiger charge is -2.15. The normalized spacial score (nSPS) is 11.8. The molecule has 0 amide bonds. The molecule has 0 saturated heterocycles. The molecule has 0 bridgehead atoms. The van der Waals surface area contributed by atoms with E-state index in [4.69, 9.17) is 4.74 Å². The van der Waals surface area contributed by atoms with E-state index in [1.54, 1.807) is 24.3 Å². The Morgan fingerprint density at radius 2 is 1.73 bits per heavy atom. The number of alkyl halides is 3. The number of aromatic nitrogens is 2. The van der Waals surface area contributed by atoms with Crippen LogP contribution in [-0.4, -0.2) is 16.7 Å². The molecule has 0 aliphatic heterocycles. The van der Waals surface area contributed by atoms with Gasteiger partial charge in [0.2, 0.25) is 0 Å². The first-order chi connectivity index (χ1) is 12.2. The molecule has 0 saturated carbocycles. The van der Waals surface area contributed by atoms with Gasteiger partial charge in [-0.05, 0) is 29.8 Å². The number of ether oxygens (including phenoxy) is 1. The van der Waals surface area contributed by atoms with Crippen LogP contribution < -0.4 is 10.4 Å². The van der Waals surface area contributed by atoms with Gasteiger partial charge in [0.1, 0.15) is 5.75 Å². The molecule has 3 aromatic rings. The van der Waals surface area contributed by atoms with E-state index in [-0.39, 0.29) is 6.54 Å². The molecule has 136 valence electrons. The highest BCUT2D eigenvalue weighted by Gasteiger charge is 2.37. The molecule has 0 aliphatic rings. The number of benzene rings is 2. The average Bonchev–Trinajstić information content (AvgIpc) is 2.59. The maximum absolute atomic E-state index is 14.1. The quantitative estimate of drug-likeness (QED) is 0.660. The fraction of sp³-hybridized carbons (Fsp3) is 0.176. The molecule has 9 heteroatoms. The lowest BCUT2D eigenvalue weighted by Crippen LogP contribution is -2.28. The fourth-order valence-electron chi connectivity index (χ4n) is 2.58. The minimum absolute atomic E-state index is 0.171. The number of halogens is 5. The molecule has 1 heterocycles. The average molecular weight is 370 g/mol. The summed E-state index contributed by atoms with van der Waals surface area (Å²) in [7, 11) is 1.46. The Kier molecular flexibility index (Phi) is 4.39. The Morgan fingerprint density at radius 3 is 2.31 bits per heavy atom. The molecule has 26 heavy (non-hydrogen) atoms. The van der Waals surface area contributed by atoms with Crippen molar-refractivity contribution < 1.29 is 26.7 Å². The molecule has 0 fully saturated rings. The van der Waals surface area contributed by atoms with Crippen molar-refractivity contribution in [2.75, 3.05) is 7.11 Å². The minimum Gasteiger partial charge on any atom is -0.497 e. The monoisotopic (exact) mass is 370 g/mol. The van der Waals surface area contributed by atoms with E-state index in [0.29, 0.717) is 17.4 Å². The Morgan fingerprint density at radius 1 is 1.08 bits per heavy atom. The third kappa shape index (κ3) is 3.12. The van der Waals surface area contributed by atoms with Crippen molar-refractivity contribution in [2.24, 2.45) is 0 Å². The summed E-state index contributed by atoms with van der Waals surface area (Å²) in [6.45, 7) is -0.171. The predicted molar refractivity (Wildman–Crippen MR) is 83.0 cm³/mol. The van der Waals surface area contributed by atoms with E-state index in [1.165, 1.54) is 7.11 Å². The highest BCUT2D eigenvalue weighted by Crippen LogP contribution is 2.34. The zero-order valence-corrected chi connectivity index (χ0v) is 13.3. The van der Waals surface area contributed by atoms with Crippen LogP contribution in [-0.2, 0) is 12.7 Å². The molecule has 0 unspecified atom stereocenters. The van der Waals surface area contributed by atoms with E-state index in [1.807, 2.05) is 0 Å². The van der Waals surface area contributed by atoms with Gasteiger partial charge in [-0.2, -0.15) is 18.2 Å². The molecule has 1 aromatic heterocycles. The summed E-state index contributed by atoms with van der Waals surface area (Å²) in [4.78, 5) is 15.1. The Hall–Kier alpha value is -2.97. The molecule has 3 rings (SSSR count). The van der Waals surface area contributed by atoms with Crippen LogP contribution in [0.5, 0.6) is 5.75 Å². The summed E-state index contributed by atoms with van der Waals surface area (Å²) < 4.78 is 72.8. The first-order valence-electron chi connectivity index (χ1n) is 7.31. The van der Waals surface area contributed by atoms with Crippen LogP contribution in [0, 0.1) is 11.6 Å². The predicted octanol–water partition coefficient (Wildman–Crippen LogP) is 3.75. The zero-order valence-electron chi connectivity index (χ0n) is 13.3. The number of nitrogens with zero attached hydrogens (tertiary/aromatic N) is 2. The van der Waals surface area contributed by atoms with Gasteiger partial charge < -0.3 is 4.74 Å². The Bertz CT molecular complexity index is 1030. The Balaban J connectivity index is 2.24. The number of rotatable bonds is 3. The molecule has 4 nitrogen and oxygen atoms in total. The van der Waals surface area contributed by atoms with Crippen molar-refractivity contribution in [2.45, 2.75) is 12.7 Å². The van der Waals surface area contributed by atoms with Gasteiger partial charge in [0, 0.05) is 0 Å². The number of methoxy groups -OCH3 is 1. The van der Waals surface area contributed by atoms with E-state index in [2.05, 4.69) is 4.98 Å². The van der Waals surface area contributed by atoms with E-state index in [0.717, 1.165) is 10.6 Å².